The number of aromatic nitrogens is 1. The zero-order valence-corrected chi connectivity index (χ0v) is 15.5. The number of amides is 1. The van der Waals surface area contributed by atoms with Crippen molar-refractivity contribution in [2.75, 3.05) is 0 Å². The van der Waals surface area contributed by atoms with Gasteiger partial charge in [-0.25, -0.2) is 9.59 Å². The van der Waals surface area contributed by atoms with Gasteiger partial charge in [0.25, 0.3) is 0 Å². The van der Waals surface area contributed by atoms with Gasteiger partial charge < -0.3 is 20.4 Å². The van der Waals surface area contributed by atoms with E-state index in [1.807, 2.05) is 0 Å². The van der Waals surface area contributed by atoms with Crippen LogP contribution in [0.1, 0.15) is 44.7 Å². The van der Waals surface area contributed by atoms with Crippen LogP contribution in [0.4, 0.5) is 4.79 Å². The van der Waals surface area contributed by atoms with E-state index in [0.29, 0.717) is 16.6 Å². The third-order valence-corrected chi connectivity index (χ3v) is 6.67. The lowest BCUT2D eigenvalue weighted by molar-refractivity contribution is -0.614. The molecule has 1 amide bonds. The summed E-state index contributed by atoms with van der Waals surface area (Å²) in [6.45, 7) is 1.40. The van der Waals surface area contributed by atoms with Crippen LogP contribution in [0.5, 0.6) is 0 Å². The molecule has 0 aliphatic heterocycles. The van der Waals surface area contributed by atoms with E-state index in [2.05, 4.69) is 5.32 Å². The molecule has 4 saturated carbocycles. The first-order valence-corrected chi connectivity index (χ1v) is 9.73. The van der Waals surface area contributed by atoms with Gasteiger partial charge in [0.2, 0.25) is 0 Å². The molecule has 7 heteroatoms. The number of carbonyl (C=O) groups excluding carboxylic acids is 1. The highest BCUT2D eigenvalue weighted by atomic mass is 16.6. The normalized spacial score (nSPS) is 33.3. The molecule has 4 bridgehead atoms. The second-order valence-electron chi connectivity index (χ2n) is 8.76. The molecule has 0 spiro atoms. The van der Waals surface area contributed by atoms with E-state index in [4.69, 9.17) is 4.74 Å². The molecule has 4 aliphatic carbocycles. The summed E-state index contributed by atoms with van der Waals surface area (Å²) in [5.41, 5.74) is -1.34. The number of hydrogen-bond acceptors (Lipinski definition) is 4. The van der Waals surface area contributed by atoms with Gasteiger partial charge in [-0.2, -0.15) is 4.73 Å². The molecule has 1 aromatic rings. The Balaban J connectivity index is 1.43. The number of rotatable bonds is 5. The summed E-state index contributed by atoms with van der Waals surface area (Å²) in [4.78, 5) is 24.4. The van der Waals surface area contributed by atoms with Gasteiger partial charge in [0, 0.05) is 12.1 Å². The summed E-state index contributed by atoms with van der Waals surface area (Å²) in [7, 11) is 0. The number of carbonyl (C=O) groups is 2. The van der Waals surface area contributed by atoms with Gasteiger partial charge in [0.15, 0.2) is 11.9 Å². The average Bonchev–Trinajstić information content (AvgIpc) is 2.59. The number of carboxylic acids is 1. The van der Waals surface area contributed by atoms with Gasteiger partial charge in [-0.3, -0.25) is 0 Å². The van der Waals surface area contributed by atoms with Gasteiger partial charge in [0.05, 0.1) is 6.42 Å². The lowest BCUT2D eigenvalue weighted by atomic mass is 9.55. The molecule has 7 nitrogen and oxygen atoms in total. The van der Waals surface area contributed by atoms with Crippen LogP contribution in [0.25, 0.3) is 0 Å². The molecule has 1 aromatic heterocycles. The van der Waals surface area contributed by atoms with Crippen molar-refractivity contribution < 1.29 is 24.2 Å². The van der Waals surface area contributed by atoms with Crippen molar-refractivity contribution in [2.24, 2.45) is 23.7 Å². The van der Waals surface area contributed by atoms with Crippen LogP contribution in [0.15, 0.2) is 24.4 Å². The molecule has 4 fully saturated rings. The predicted molar refractivity (Wildman–Crippen MR) is 95.6 cm³/mol. The van der Waals surface area contributed by atoms with E-state index >= 15 is 0 Å². The SMILES string of the molecule is CC(Cc1cccc[n+]1[O-])(NC(=O)OC1C2CC3CC(C2)CC1C3)C(=O)O. The molecular weight excluding hydrogens is 348 g/mol. The molecule has 0 saturated heterocycles. The molecule has 2 N–H and O–H groups in total. The Morgan fingerprint density at radius 3 is 2.41 bits per heavy atom. The second-order valence-corrected chi connectivity index (χ2v) is 8.76. The fraction of sp³-hybridized carbons (Fsp3) is 0.650. The van der Waals surface area contributed by atoms with Crippen molar-refractivity contribution in [1.82, 2.24) is 5.32 Å². The summed E-state index contributed by atoms with van der Waals surface area (Å²) >= 11 is 0. The first-order chi connectivity index (χ1) is 12.8. The van der Waals surface area contributed by atoms with Crippen LogP contribution >= 0.6 is 0 Å². The fourth-order valence-electron chi connectivity index (χ4n) is 5.58. The number of nitrogens with one attached hydrogen (secondary N) is 1. The number of nitrogens with zero attached hydrogens (tertiary/aromatic N) is 1. The maximum Gasteiger partial charge on any atom is 0.408 e. The zero-order valence-electron chi connectivity index (χ0n) is 15.5. The number of carboxylic acid groups (broad SMARTS) is 1. The lowest BCUT2D eigenvalue weighted by Crippen LogP contribution is -2.57. The molecule has 5 rings (SSSR count). The molecule has 1 unspecified atom stereocenters. The van der Waals surface area contributed by atoms with E-state index < -0.39 is 17.6 Å². The maximum absolute atomic E-state index is 12.5. The molecular formula is C20H26N2O5. The van der Waals surface area contributed by atoms with Crippen LogP contribution in [0.2, 0.25) is 0 Å². The Kier molecular flexibility index (Phi) is 4.48. The van der Waals surface area contributed by atoms with Gasteiger partial charge in [-0.05, 0) is 62.7 Å². The van der Waals surface area contributed by atoms with Crippen molar-refractivity contribution in [3.8, 4) is 0 Å². The maximum atomic E-state index is 12.5. The Hall–Kier alpha value is -2.31. The Morgan fingerprint density at radius 2 is 1.85 bits per heavy atom. The predicted octanol–water partition coefficient (Wildman–Crippen LogP) is 2.26. The van der Waals surface area contributed by atoms with Crippen molar-refractivity contribution in [2.45, 2.75) is 57.1 Å². The van der Waals surface area contributed by atoms with Crippen molar-refractivity contribution in [3.05, 3.63) is 35.3 Å². The number of aliphatic carboxylic acids is 1. The summed E-state index contributed by atoms with van der Waals surface area (Å²) in [5, 5.41) is 24.0. The summed E-state index contributed by atoms with van der Waals surface area (Å²) in [6.07, 6.45) is 6.14. The van der Waals surface area contributed by atoms with Crippen molar-refractivity contribution in [3.63, 3.8) is 0 Å². The van der Waals surface area contributed by atoms with Crippen molar-refractivity contribution >= 4 is 12.1 Å². The minimum Gasteiger partial charge on any atom is -0.619 e. The molecule has 27 heavy (non-hydrogen) atoms. The molecule has 1 atom stereocenters. The summed E-state index contributed by atoms with van der Waals surface area (Å²) in [6, 6.07) is 4.79. The highest BCUT2D eigenvalue weighted by Gasteiger charge is 2.50. The second kappa shape index (κ2) is 6.69. The first-order valence-electron chi connectivity index (χ1n) is 9.73. The zero-order chi connectivity index (χ0) is 19.2. The molecule has 0 aromatic carbocycles. The fourth-order valence-corrected chi connectivity index (χ4v) is 5.58. The lowest BCUT2D eigenvalue weighted by Gasteiger charge is -2.53. The van der Waals surface area contributed by atoms with Crippen LogP contribution in [0.3, 0.4) is 0 Å². The van der Waals surface area contributed by atoms with E-state index in [0.717, 1.165) is 37.5 Å². The molecule has 146 valence electrons. The van der Waals surface area contributed by atoms with Gasteiger partial charge in [0.1, 0.15) is 11.6 Å². The van der Waals surface area contributed by atoms with Crippen LogP contribution in [-0.2, 0) is 16.0 Å². The van der Waals surface area contributed by atoms with Crippen molar-refractivity contribution in [1.29, 1.82) is 0 Å². The number of hydrogen-bond donors (Lipinski definition) is 2. The number of alkyl carbamates (subject to hydrolysis) is 1. The Bertz CT molecular complexity index is 724. The smallest absolute Gasteiger partial charge is 0.408 e. The van der Waals surface area contributed by atoms with Crippen LogP contribution in [0, 0.1) is 28.9 Å². The summed E-state index contributed by atoms with van der Waals surface area (Å²) < 4.78 is 6.36. The molecule has 0 radical (unpaired) electrons. The summed E-state index contributed by atoms with van der Waals surface area (Å²) in [5.74, 6) is 1.14. The van der Waals surface area contributed by atoms with Gasteiger partial charge >= 0.3 is 12.1 Å². The van der Waals surface area contributed by atoms with Crippen LogP contribution < -0.4 is 10.0 Å². The first kappa shape index (κ1) is 18.1. The highest BCUT2D eigenvalue weighted by molar-refractivity contribution is 5.84. The average molecular weight is 374 g/mol. The minimum absolute atomic E-state index is 0.114. The third-order valence-electron chi connectivity index (χ3n) is 6.67. The number of ether oxygens (including phenoxy) is 1. The Morgan fingerprint density at radius 1 is 1.22 bits per heavy atom. The minimum atomic E-state index is -1.61. The van der Waals surface area contributed by atoms with Gasteiger partial charge in [-0.15, -0.1) is 0 Å². The quantitative estimate of drug-likeness (QED) is 0.608. The molecule has 4 aliphatic rings. The highest BCUT2D eigenvalue weighted by Crippen LogP contribution is 2.54. The standard InChI is InChI=1S/C20H26N2O5/c1-20(18(23)24,11-16-4-2-3-5-22(16)26)21-19(25)27-17-14-7-12-6-13(9-14)10-15(17)8-12/h2-5,12-15,17H,6-11H2,1H3,(H,21,25)(H,23,24). The number of pyridine rings is 1. The largest absolute Gasteiger partial charge is 0.619 e. The Labute approximate surface area is 158 Å². The van der Waals surface area contributed by atoms with Crippen LogP contribution in [-0.4, -0.2) is 28.8 Å². The van der Waals surface area contributed by atoms with E-state index in [1.54, 1.807) is 18.2 Å². The van der Waals surface area contributed by atoms with E-state index in [1.165, 1.54) is 19.5 Å². The molecule has 1 heterocycles. The van der Waals surface area contributed by atoms with E-state index in [9.17, 15) is 19.9 Å². The van der Waals surface area contributed by atoms with E-state index in [-0.39, 0.29) is 18.2 Å². The monoisotopic (exact) mass is 374 g/mol. The topological polar surface area (TPSA) is 103 Å². The third kappa shape index (κ3) is 3.47. The van der Waals surface area contributed by atoms with Gasteiger partial charge in [-0.1, -0.05) is 6.07 Å².